The Balaban J connectivity index is 2.06. The molecule has 24 heavy (non-hydrogen) atoms. The van der Waals surface area contributed by atoms with Gasteiger partial charge in [-0.2, -0.15) is 0 Å². The summed E-state index contributed by atoms with van der Waals surface area (Å²) in [5.41, 5.74) is -0.0579. The third kappa shape index (κ3) is 3.12. The molecule has 1 N–H and O–H groups in total. The van der Waals surface area contributed by atoms with Gasteiger partial charge in [0.1, 0.15) is 5.57 Å². The summed E-state index contributed by atoms with van der Waals surface area (Å²) in [5, 5.41) is 4.19. The van der Waals surface area contributed by atoms with Crippen molar-refractivity contribution < 1.29 is 14.4 Å². The van der Waals surface area contributed by atoms with Gasteiger partial charge >= 0.3 is 6.03 Å². The summed E-state index contributed by atoms with van der Waals surface area (Å²) in [5.74, 6) is -1.53. The van der Waals surface area contributed by atoms with Gasteiger partial charge in [0.25, 0.3) is 11.8 Å². The van der Waals surface area contributed by atoms with Gasteiger partial charge in [-0.1, -0.05) is 29.3 Å². The zero-order chi connectivity index (χ0) is 17.4. The van der Waals surface area contributed by atoms with Gasteiger partial charge in [0.15, 0.2) is 0 Å². The highest BCUT2D eigenvalue weighted by molar-refractivity contribution is 9.10. The summed E-state index contributed by atoms with van der Waals surface area (Å²) in [6.07, 6.45) is 1.42. The van der Waals surface area contributed by atoms with Gasteiger partial charge in [-0.3, -0.25) is 14.9 Å². The van der Waals surface area contributed by atoms with E-state index in [1.165, 1.54) is 29.5 Å². The number of imide groups is 2. The highest BCUT2D eigenvalue weighted by atomic mass is 79.9. The third-order valence-electron chi connectivity index (χ3n) is 3.15. The minimum absolute atomic E-state index is 0.0511. The van der Waals surface area contributed by atoms with E-state index in [2.05, 4.69) is 21.2 Å². The fourth-order valence-corrected chi connectivity index (χ4v) is 3.84. The van der Waals surface area contributed by atoms with Crippen LogP contribution in [0.25, 0.3) is 6.08 Å². The lowest BCUT2D eigenvalue weighted by Crippen LogP contribution is -2.54. The van der Waals surface area contributed by atoms with E-state index >= 15 is 0 Å². The van der Waals surface area contributed by atoms with Crippen LogP contribution in [-0.2, 0) is 9.59 Å². The number of barbiturate groups is 1. The van der Waals surface area contributed by atoms with E-state index in [-0.39, 0.29) is 21.3 Å². The van der Waals surface area contributed by atoms with Crippen molar-refractivity contribution in [2.45, 2.75) is 0 Å². The molecule has 0 spiro atoms. The fraction of sp³-hybridized carbons (Fsp3) is 0. The fourth-order valence-electron chi connectivity index (χ4n) is 2.09. The molecule has 0 atom stereocenters. The number of urea groups is 1. The van der Waals surface area contributed by atoms with Crippen LogP contribution in [0.3, 0.4) is 0 Å². The third-order valence-corrected chi connectivity index (χ3v) is 5.60. The van der Waals surface area contributed by atoms with Crippen LogP contribution in [0.15, 0.2) is 39.7 Å². The molecule has 0 radical (unpaired) electrons. The smallest absolute Gasteiger partial charge is 0.273 e. The van der Waals surface area contributed by atoms with Crippen molar-refractivity contribution in [3.63, 3.8) is 0 Å². The number of hydrogen-bond donors (Lipinski definition) is 1. The van der Waals surface area contributed by atoms with E-state index in [4.69, 9.17) is 23.2 Å². The molecular formula is C15H7BrCl2N2O3S. The van der Waals surface area contributed by atoms with Crippen molar-refractivity contribution >= 4 is 80.1 Å². The van der Waals surface area contributed by atoms with Gasteiger partial charge in [-0.15, -0.1) is 11.3 Å². The molecule has 1 saturated heterocycles. The Kier molecular flexibility index (Phi) is 4.78. The van der Waals surface area contributed by atoms with Crippen molar-refractivity contribution in [3.8, 4) is 0 Å². The number of rotatable bonds is 2. The minimum atomic E-state index is -0.876. The predicted octanol–water partition coefficient (Wildman–Crippen LogP) is 4.48. The largest absolute Gasteiger partial charge is 0.336 e. The lowest BCUT2D eigenvalue weighted by Gasteiger charge is -2.27. The van der Waals surface area contributed by atoms with Crippen LogP contribution in [-0.4, -0.2) is 17.8 Å². The molecule has 0 aliphatic carbocycles. The Morgan fingerprint density at radius 1 is 1.21 bits per heavy atom. The van der Waals surface area contributed by atoms with Crippen LogP contribution in [0.1, 0.15) is 4.88 Å². The molecule has 2 heterocycles. The minimum Gasteiger partial charge on any atom is -0.273 e. The Morgan fingerprint density at radius 3 is 2.62 bits per heavy atom. The number of nitrogens with zero attached hydrogens (tertiary/aromatic N) is 1. The number of halogens is 3. The average Bonchev–Trinajstić information content (AvgIpc) is 2.93. The van der Waals surface area contributed by atoms with Crippen LogP contribution in [0.5, 0.6) is 0 Å². The lowest BCUT2D eigenvalue weighted by atomic mass is 10.1. The maximum Gasteiger partial charge on any atom is 0.336 e. The van der Waals surface area contributed by atoms with Gasteiger partial charge in [-0.05, 0) is 40.2 Å². The first-order valence-corrected chi connectivity index (χ1v) is 8.91. The molecule has 1 aromatic carbocycles. The van der Waals surface area contributed by atoms with Gasteiger partial charge in [-0.25, -0.2) is 9.69 Å². The Labute approximate surface area is 159 Å². The molecule has 4 amide bonds. The van der Waals surface area contributed by atoms with Gasteiger partial charge in [0.05, 0.1) is 15.7 Å². The molecule has 0 unspecified atom stereocenters. The summed E-state index contributed by atoms with van der Waals surface area (Å²) < 4.78 is 0.828. The van der Waals surface area contributed by atoms with Crippen molar-refractivity contribution in [1.82, 2.24) is 5.32 Å². The summed E-state index contributed by atoms with van der Waals surface area (Å²) in [4.78, 5) is 38.3. The van der Waals surface area contributed by atoms with Crippen LogP contribution >= 0.6 is 50.5 Å². The molecule has 5 nitrogen and oxygen atoms in total. The number of thiophene rings is 1. The zero-order valence-electron chi connectivity index (χ0n) is 11.7. The molecule has 0 saturated carbocycles. The van der Waals surface area contributed by atoms with Crippen molar-refractivity contribution in [3.05, 3.63) is 54.6 Å². The zero-order valence-corrected chi connectivity index (χ0v) is 15.6. The van der Waals surface area contributed by atoms with Crippen LogP contribution in [0.4, 0.5) is 10.5 Å². The van der Waals surface area contributed by atoms with Crippen LogP contribution in [0, 0.1) is 0 Å². The SMILES string of the molecule is O=C1NC(=O)N(c2cccc(Cl)c2Cl)C(=O)/C1=C\c1cc(Br)cs1. The van der Waals surface area contributed by atoms with Crippen LogP contribution < -0.4 is 10.2 Å². The number of carbonyl (C=O) groups is 3. The van der Waals surface area contributed by atoms with Crippen molar-refractivity contribution in [2.24, 2.45) is 0 Å². The van der Waals surface area contributed by atoms with E-state index in [1.54, 1.807) is 12.1 Å². The van der Waals surface area contributed by atoms with Crippen molar-refractivity contribution in [2.75, 3.05) is 4.90 Å². The standard InChI is InChI=1S/C15H7BrCl2N2O3S/c16-7-4-8(24-6-7)5-9-13(21)19-15(23)20(14(9)22)11-3-1-2-10(17)12(11)18/h1-6H,(H,19,21,23)/b9-5-. The van der Waals surface area contributed by atoms with Crippen molar-refractivity contribution in [1.29, 1.82) is 0 Å². The highest BCUT2D eigenvalue weighted by Crippen LogP contribution is 2.34. The van der Waals surface area contributed by atoms with E-state index in [1.807, 2.05) is 5.38 Å². The second kappa shape index (κ2) is 6.68. The summed E-state index contributed by atoms with van der Waals surface area (Å²) in [6.45, 7) is 0. The molecule has 1 fully saturated rings. The molecule has 1 aromatic heterocycles. The maximum absolute atomic E-state index is 12.7. The molecule has 0 bridgehead atoms. The number of anilines is 1. The first-order valence-electron chi connectivity index (χ1n) is 6.48. The molecule has 2 aromatic rings. The molecule has 1 aliphatic heterocycles. The number of carbonyl (C=O) groups excluding carboxylic acids is 3. The van der Waals surface area contributed by atoms with E-state index in [0.29, 0.717) is 4.88 Å². The Morgan fingerprint density at radius 2 is 1.96 bits per heavy atom. The lowest BCUT2D eigenvalue weighted by molar-refractivity contribution is -0.122. The average molecular weight is 446 g/mol. The normalized spacial score (nSPS) is 16.7. The molecular weight excluding hydrogens is 439 g/mol. The summed E-state index contributed by atoms with van der Waals surface area (Å²) >= 11 is 16.7. The first kappa shape index (κ1) is 17.2. The number of benzene rings is 1. The van der Waals surface area contributed by atoms with Gasteiger partial charge in [0.2, 0.25) is 0 Å². The van der Waals surface area contributed by atoms with Gasteiger partial charge < -0.3 is 0 Å². The summed E-state index contributed by atoms with van der Waals surface area (Å²) in [7, 11) is 0. The summed E-state index contributed by atoms with van der Waals surface area (Å²) in [6, 6.07) is 5.44. The first-order chi connectivity index (χ1) is 11.4. The predicted molar refractivity (Wildman–Crippen MR) is 97.5 cm³/mol. The number of nitrogens with one attached hydrogen (secondary N) is 1. The Hall–Kier alpha value is -1.67. The molecule has 3 rings (SSSR count). The second-order valence-corrected chi connectivity index (χ2v) is 7.34. The number of hydrogen-bond acceptors (Lipinski definition) is 4. The second-order valence-electron chi connectivity index (χ2n) is 4.70. The van der Waals surface area contributed by atoms with Crippen LogP contribution in [0.2, 0.25) is 10.0 Å². The maximum atomic E-state index is 12.7. The topological polar surface area (TPSA) is 66.5 Å². The molecule has 122 valence electrons. The Bertz CT molecular complexity index is 910. The van der Waals surface area contributed by atoms with Gasteiger partial charge in [0, 0.05) is 14.7 Å². The quantitative estimate of drug-likeness (QED) is 0.547. The number of amides is 4. The molecule has 9 heteroatoms. The van der Waals surface area contributed by atoms with E-state index in [0.717, 1.165) is 9.37 Å². The van der Waals surface area contributed by atoms with E-state index in [9.17, 15) is 14.4 Å². The monoisotopic (exact) mass is 444 g/mol. The molecule has 1 aliphatic rings. The highest BCUT2D eigenvalue weighted by Gasteiger charge is 2.38. The van der Waals surface area contributed by atoms with E-state index < -0.39 is 17.8 Å².